The first-order chi connectivity index (χ1) is 11.8. The second kappa shape index (κ2) is 10.7. The van der Waals surface area contributed by atoms with Gasteiger partial charge in [0.1, 0.15) is 12.7 Å². The van der Waals surface area contributed by atoms with Gasteiger partial charge in [-0.15, -0.1) is 0 Å². The molecule has 0 saturated heterocycles. The van der Waals surface area contributed by atoms with Crippen LogP contribution >= 0.6 is 0 Å². The summed E-state index contributed by atoms with van der Waals surface area (Å²) < 4.78 is 16.0. The number of aliphatic hydroxyl groups excluding tert-OH is 1. The predicted octanol–water partition coefficient (Wildman–Crippen LogP) is 2.40. The molecule has 0 aliphatic carbocycles. The number of nitrogens with one attached hydrogen (secondary N) is 1. The molecule has 0 heterocycles. The van der Waals surface area contributed by atoms with Crippen molar-refractivity contribution < 1.29 is 24.1 Å². The Labute approximate surface area is 149 Å². The molecule has 0 bridgehead atoms. The van der Waals surface area contributed by atoms with Crippen LogP contribution < -0.4 is 14.8 Å². The first-order valence-corrected chi connectivity index (χ1v) is 8.42. The van der Waals surface area contributed by atoms with Gasteiger partial charge < -0.3 is 24.6 Å². The van der Waals surface area contributed by atoms with E-state index in [1.54, 1.807) is 45.2 Å². The van der Waals surface area contributed by atoms with Crippen molar-refractivity contribution in [2.75, 3.05) is 20.3 Å². The Morgan fingerprint density at radius 3 is 2.56 bits per heavy atom. The van der Waals surface area contributed by atoms with Gasteiger partial charge in [0.15, 0.2) is 11.5 Å². The molecule has 1 aromatic carbocycles. The van der Waals surface area contributed by atoms with Crippen LogP contribution in [0.2, 0.25) is 0 Å². The molecule has 0 aliphatic rings. The van der Waals surface area contributed by atoms with Crippen molar-refractivity contribution in [2.45, 2.75) is 45.9 Å². The van der Waals surface area contributed by atoms with E-state index >= 15 is 0 Å². The fraction of sp³-hybridized carbons (Fsp3) is 0.526. The average Bonchev–Trinajstić information content (AvgIpc) is 2.55. The maximum atomic E-state index is 11.5. The Kier molecular flexibility index (Phi) is 9.02. The SMILES string of the molecule is COc1cc(/C=C/C(=O)OC(C)C)ccc1OCC(O)CNC(C)C. The number of benzene rings is 1. The average molecular weight is 351 g/mol. The van der Waals surface area contributed by atoms with Gasteiger partial charge in [-0.05, 0) is 37.6 Å². The van der Waals surface area contributed by atoms with Crippen LogP contribution in [0, 0.1) is 0 Å². The van der Waals surface area contributed by atoms with Gasteiger partial charge in [0.2, 0.25) is 0 Å². The molecule has 1 atom stereocenters. The Morgan fingerprint density at radius 2 is 1.96 bits per heavy atom. The third kappa shape index (κ3) is 8.56. The van der Waals surface area contributed by atoms with Crippen molar-refractivity contribution in [3.63, 3.8) is 0 Å². The molecular formula is C19H29NO5. The lowest BCUT2D eigenvalue weighted by atomic mass is 10.2. The monoisotopic (exact) mass is 351 g/mol. The number of ether oxygens (including phenoxy) is 3. The van der Waals surface area contributed by atoms with Gasteiger partial charge in [-0.1, -0.05) is 19.9 Å². The molecule has 0 fully saturated rings. The number of hydrogen-bond donors (Lipinski definition) is 2. The predicted molar refractivity (Wildman–Crippen MR) is 97.9 cm³/mol. The molecule has 1 rings (SSSR count). The minimum Gasteiger partial charge on any atom is -0.493 e. The summed E-state index contributed by atoms with van der Waals surface area (Å²) in [6.45, 7) is 8.24. The van der Waals surface area contributed by atoms with Gasteiger partial charge in [0.25, 0.3) is 0 Å². The van der Waals surface area contributed by atoms with E-state index in [2.05, 4.69) is 5.32 Å². The van der Waals surface area contributed by atoms with E-state index in [9.17, 15) is 9.90 Å². The van der Waals surface area contributed by atoms with Crippen molar-refractivity contribution in [1.29, 1.82) is 0 Å². The fourth-order valence-electron chi connectivity index (χ4n) is 1.96. The molecule has 6 heteroatoms. The number of hydrogen-bond acceptors (Lipinski definition) is 6. The van der Waals surface area contributed by atoms with E-state index < -0.39 is 12.1 Å². The number of aliphatic hydroxyl groups is 1. The fourth-order valence-corrected chi connectivity index (χ4v) is 1.96. The maximum Gasteiger partial charge on any atom is 0.331 e. The van der Waals surface area contributed by atoms with Crippen LogP contribution in [-0.2, 0) is 9.53 Å². The second-order valence-corrected chi connectivity index (χ2v) is 6.26. The molecule has 25 heavy (non-hydrogen) atoms. The minimum absolute atomic E-state index is 0.154. The van der Waals surface area contributed by atoms with E-state index in [1.807, 2.05) is 13.8 Å². The van der Waals surface area contributed by atoms with Crippen molar-refractivity contribution in [2.24, 2.45) is 0 Å². The van der Waals surface area contributed by atoms with Crippen LogP contribution in [-0.4, -0.2) is 49.6 Å². The molecule has 0 aliphatic heterocycles. The summed E-state index contributed by atoms with van der Waals surface area (Å²) in [4.78, 5) is 11.5. The maximum absolute atomic E-state index is 11.5. The molecule has 2 N–H and O–H groups in total. The van der Waals surface area contributed by atoms with E-state index in [0.29, 0.717) is 24.1 Å². The third-order valence-electron chi connectivity index (χ3n) is 3.14. The van der Waals surface area contributed by atoms with Gasteiger partial charge in [0, 0.05) is 18.7 Å². The molecule has 0 radical (unpaired) electrons. The lowest BCUT2D eigenvalue weighted by Crippen LogP contribution is -2.35. The highest BCUT2D eigenvalue weighted by Crippen LogP contribution is 2.28. The highest BCUT2D eigenvalue weighted by atomic mass is 16.5. The highest BCUT2D eigenvalue weighted by Gasteiger charge is 2.10. The van der Waals surface area contributed by atoms with Gasteiger partial charge in [-0.2, -0.15) is 0 Å². The van der Waals surface area contributed by atoms with Crippen LogP contribution in [0.15, 0.2) is 24.3 Å². The number of rotatable bonds is 10. The zero-order valence-electron chi connectivity index (χ0n) is 15.6. The first kappa shape index (κ1) is 21.0. The molecule has 140 valence electrons. The molecule has 1 unspecified atom stereocenters. The Balaban J connectivity index is 2.65. The van der Waals surface area contributed by atoms with Gasteiger partial charge in [-0.3, -0.25) is 0 Å². The quantitative estimate of drug-likeness (QED) is 0.498. The van der Waals surface area contributed by atoms with Crippen LogP contribution in [0.5, 0.6) is 11.5 Å². The van der Waals surface area contributed by atoms with Crippen molar-refractivity contribution in [1.82, 2.24) is 5.32 Å². The highest BCUT2D eigenvalue weighted by molar-refractivity contribution is 5.87. The summed E-state index contributed by atoms with van der Waals surface area (Å²) in [5.41, 5.74) is 0.784. The standard InChI is InChI=1S/C19H29NO5/c1-13(2)20-11-16(21)12-24-17-8-6-15(10-18(17)23-5)7-9-19(22)25-14(3)4/h6-10,13-14,16,20-21H,11-12H2,1-5H3/b9-7+. The second-order valence-electron chi connectivity index (χ2n) is 6.26. The van der Waals surface area contributed by atoms with Gasteiger partial charge in [-0.25, -0.2) is 4.79 Å². The molecule has 6 nitrogen and oxygen atoms in total. The Morgan fingerprint density at radius 1 is 1.24 bits per heavy atom. The van der Waals surface area contributed by atoms with Crippen molar-refractivity contribution >= 4 is 12.0 Å². The summed E-state index contributed by atoms with van der Waals surface area (Å²) in [5.74, 6) is 0.673. The van der Waals surface area contributed by atoms with Crippen molar-refractivity contribution in [3.05, 3.63) is 29.8 Å². The summed E-state index contributed by atoms with van der Waals surface area (Å²) >= 11 is 0. The molecule has 0 spiro atoms. The van der Waals surface area contributed by atoms with Crippen LogP contribution in [0.4, 0.5) is 0 Å². The Bertz CT molecular complexity index is 569. The van der Waals surface area contributed by atoms with E-state index in [-0.39, 0.29) is 12.7 Å². The summed E-state index contributed by atoms with van der Waals surface area (Å²) in [5, 5.41) is 13.0. The molecule has 1 aromatic rings. The topological polar surface area (TPSA) is 77.0 Å². The molecule has 0 amide bonds. The summed E-state index contributed by atoms with van der Waals surface area (Å²) in [6, 6.07) is 5.61. The largest absolute Gasteiger partial charge is 0.493 e. The van der Waals surface area contributed by atoms with Crippen molar-refractivity contribution in [3.8, 4) is 11.5 Å². The number of esters is 1. The van der Waals surface area contributed by atoms with E-state index in [0.717, 1.165) is 5.56 Å². The Hall–Kier alpha value is -2.05. The van der Waals surface area contributed by atoms with Crippen LogP contribution in [0.25, 0.3) is 6.08 Å². The lowest BCUT2D eigenvalue weighted by molar-refractivity contribution is -0.141. The summed E-state index contributed by atoms with van der Waals surface area (Å²) in [6.07, 6.45) is 2.26. The first-order valence-electron chi connectivity index (χ1n) is 8.42. The smallest absolute Gasteiger partial charge is 0.331 e. The van der Waals surface area contributed by atoms with Gasteiger partial charge in [0.05, 0.1) is 13.2 Å². The van der Waals surface area contributed by atoms with Crippen LogP contribution in [0.1, 0.15) is 33.3 Å². The van der Waals surface area contributed by atoms with E-state index in [1.165, 1.54) is 6.08 Å². The number of methoxy groups -OCH3 is 1. The van der Waals surface area contributed by atoms with E-state index in [4.69, 9.17) is 14.2 Å². The molecule has 0 saturated carbocycles. The molecule has 0 aromatic heterocycles. The minimum atomic E-state index is -0.613. The zero-order valence-corrected chi connectivity index (χ0v) is 15.6. The number of carbonyl (C=O) groups excluding carboxylic acids is 1. The normalized spacial score (nSPS) is 12.6. The zero-order chi connectivity index (χ0) is 18.8. The molecular weight excluding hydrogens is 322 g/mol. The van der Waals surface area contributed by atoms with Crippen LogP contribution in [0.3, 0.4) is 0 Å². The van der Waals surface area contributed by atoms with Gasteiger partial charge >= 0.3 is 5.97 Å². The lowest BCUT2D eigenvalue weighted by Gasteiger charge is -2.16. The third-order valence-corrected chi connectivity index (χ3v) is 3.14. The summed E-state index contributed by atoms with van der Waals surface area (Å²) in [7, 11) is 1.54. The number of carbonyl (C=O) groups is 1.